The quantitative estimate of drug-likeness (QED) is 0.330. The second-order valence-electron chi connectivity index (χ2n) is 12.1. The van der Waals surface area contributed by atoms with Crippen molar-refractivity contribution in [1.82, 2.24) is 24.4 Å². The molecule has 1 fully saturated rings. The van der Waals surface area contributed by atoms with Crippen molar-refractivity contribution in [1.29, 1.82) is 0 Å². The van der Waals surface area contributed by atoms with E-state index >= 15 is 8.78 Å². The normalized spacial score (nSPS) is 18.2. The number of halogens is 2. The molecule has 1 amide bonds. The number of carbonyl (C=O) groups excluding carboxylic acids is 1. The molecule has 4 aromatic rings. The predicted octanol–water partition coefficient (Wildman–Crippen LogP) is 4.69. The Morgan fingerprint density at radius 2 is 1.91 bits per heavy atom. The summed E-state index contributed by atoms with van der Waals surface area (Å²) in [6.45, 7) is 12.4. The number of phenols is 1. The molecule has 0 bridgehead atoms. The Balaban J connectivity index is 1.77. The third-order valence-corrected chi connectivity index (χ3v) is 8.77. The standard InChI is InChI=1S/C33H35F2N7O3/c1-7-23(44)40-15-19(5)41-20(16-40)12-14-39(6)30-25-31(37-28(26(30)35)24-21(34)9-8-10-22(24)43)42(33(45)38-32(25)41)29-18(4)11-13-36-27(29)17(2)3/h7-11,13,17,19-20,43H,1,12,14-16H2,2-6H3. The van der Waals surface area contributed by atoms with Crippen molar-refractivity contribution >= 4 is 28.4 Å². The monoisotopic (exact) mass is 615 g/mol. The molecule has 3 aromatic heterocycles. The first-order valence-corrected chi connectivity index (χ1v) is 14.9. The van der Waals surface area contributed by atoms with Crippen LogP contribution < -0.4 is 15.5 Å². The van der Waals surface area contributed by atoms with Gasteiger partial charge in [0, 0.05) is 38.9 Å². The Labute approximate surface area is 259 Å². The third kappa shape index (κ3) is 4.79. The van der Waals surface area contributed by atoms with Gasteiger partial charge in [-0.1, -0.05) is 26.5 Å². The van der Waals surface area contributed by atoms with Crippen molar-refractivity contribution in [3.05, 3.63) is 76.5 Å². The molecule has 0 radical (unpaired) electrons. The highest BCUT2D eigenvalue weighted by Gasteiger charge is 2.40. The summed E-state index contributed by atoms with van der Waals surface area (Å²) in [4.78, 5) is 46.2. The molecule has 2 unspecified atom stereocenters. The maximum Gasteiger partial charge on any atom is 0.355 e. The maximum atomic E-state index is 16.9. The molecule has 0 saturated carbocycles. The van der Waals surface area contributed by atoms with E-state index in [-0.39, 0.29) is 46.4 Å². The molecule has 234 valence electrons. The number of amides is 1. The molecule has 0 aliphatic carbocycles. The number of benzene rings is 1. The van der Waals surface area contributed by atoms with Crippen LogP contribution in [0.4, 0.5) is 20.3 Å². The fraction of sp³-hybridized carbons (Fsp3) is 0.364. The number of hydrogen-bond acceptors (Lipinski definition) is 8. The minimum absolute atomic E-state index is 0.0568. The SMILES string of the molecule is C=CC(=O)N1CC(C)N2c3nc(=O)n(-c4c(C)ccnc4C(C)C)c4nc(-c5c(O)cccc5F)c(F)c(c34)N(C)CCC2C1. The lowest BCUT2D eigenvalue weighted by molar-refractivity contribution is -0.127. The number of hydrogen-bond donors (Lipinski definition) is 1. The highest BCUT2D eigenvalue weighted by molar-refractivity contribution is 6.02. The zero-order valence-corrected chi connectivity index (χ0v) is 25.9. The summed E-state index contributed by atoms with van der Waals surface area (Å²) in [5.74, 6) is -2.25. The number of nitrogens with zero attached hydrogens (tertiary/aromatic N) is 7. The van der Waals surface area contributed by atoms with Crippen LogP contribution in [0.3, 0.4) is 0 Å². The number of carbonyl (C=O) groups is 1. The van der Waals surface area contributed by atoms with E-state index in [1.54, 1.807) is 29.1 Å². The highest BCUT2D eigenvalue weighted by Crippen LogP contribution is 2.44. The van der Waals surface area contributed by atoms with Crippen LogP contribution in [0.1, 0.15) is 44.4 Å². The average Bonchev–Trinajstić information content (AvgIpc) is 2.99. The highest BCUT2D eigenvalue weighted by atomic mass is 19.1. The van der Waals surface area contributed by atoms with Crippen LogP contribution in [-0.2, 0) is 4.79 Å². The van der Waals surface area contributed by atoms with Crippen LogP contribution in [-0.4, -0.2) is 74.2 Å². The number of aromatic nitrogens is 4. The van der Waals surface area contributed by atoms with E-state index in [2.05, 4.69) is 21.5 Å². The van der Waals surface area contributed by atoms with Gasteiger partial charge in [-0.2, -0.15) is 4.98 Å². The molecule has 0 spiro atoms. The van der Waals surface area contributed by atoms with Gasteiger partial charge in [-0.05, 0) is 56.0 Å². The summed E-state index contributed by atoms with van der Waals surface area (Å²) >= 11 is 0. The molecule has 45 heavy (non-hydrogen) atoms. The van der Waals surface area contributed by atoms with Crippen molar-refractivity contribution in [3.8, 4) is 22.7 Å². The zero-order chi connectivity index (χ0) is 32.3. The number of fused-ring (bicyclic) bond motifs is 2. The van der Waals surface area contributed by atoms with Gasteiger partial charge >= 0.3 is 5.69 Å². The molecule has 1 N–H and O–H groups in total. The van der Waals surface area contributed by atoms with Gasteiger partial charge in [0.05, 0.1) is 34.1 Å². The number of pyridine rings is 2. The number of piperazine rings is 1. The average molecular weight is 616 g/mol. The van der Waals surface area contributed by atoms with Crippen LogP contribution in [0.2, 0.25) is 0 Å². The summed E-state index contributed by atoms with van der Waals surface area (Å²) in [5.41, 5.74) is 0.430. The molecular formula is C33H35F2N7O3. The minimum Gasteiger partial charge on any atom is -0.507 e. The van der Waals surface area contributed by atoms with Crippen molar-refractivity contribution < 1.29 is 18.7 Å². The number of aryl methyl sites for hydroxylation is 1. The van der Waals surface area contributed by atoms with Crippen molar-refractivity contribution in [2.24, 2.45) is 0 Å². The van der Waals surface area contributed by atoms with Gasteiger partial charge in [0.25, 0.3) is 0 Å². The third-order valence-electron chi connectivity index (χ3n) is 8.77. The first-order valence-electron chi connectivity index (χ1n) is 14.9. The number of phenolic OH excluding ortho intramolecular Hbond substituents is 1. The van der Waals surface area contributed by atoms with Crippen LogP contribution in [0.15, 0.2) is 47.9 Å². The summed E-state index contributed by atoms with van der Waals surface area (Å²) in [6, 6.07) is 4.94. The Morgan fingerprint density at radius 3 is 2.60 bits per heavy atom. The van der Waals surface area contributed by atoms with Crippen molar-refractivity contribution in [2.75, 3.05) is 36.5 Å². The summed E-state index contributed by atoms with van der Waals surface area (Å²) in [6.07, 6.45) is 3.45. The van der Waals surface area contributed by atoms with Crippen LogP contribution in [0.25, 0.3) is 28.0 Å². The van der Waals surface area contributed by atoms with Gasteiger partial charge in [-0.15, -0.1) is 0 Å². The number of aromatic hydroxyl groups is 1. The fourth-order valence-corrected chi connectivity index (χ4v) is 6.70. The Bertz CT molecular complexity index is 1910. The van der Waals surface area contributed by atoms with Crippen LogP contribution in [0.5, 0.6) is 5.75 Å². The molecular weight excluding hydrogens is 580 g/mol. The van der Waals surface area contributed by atoms with Crippen LogP contribution >= 0.6 is 0 Å². The van der Waals surface area contributed by atoms with Gasteiger partial charge in [0.2, 0.25) is 5.91 Å². The molecule has 10 nitrogen and oxygen atoms in total. The molecule has 12 heteroatoms. The lowest BCUT2D eigenvalue weighted by atomic mass is 9.99. The van der Waals surface area contributed by atoms with E-state index in [1.807, 2.05) is 32.6 Å². The number of rotatable bonds is 4. The van der Waals surface area contributed by atoms with Gasteiger partial charge in [-0.3, -0.25) is 9.78 Å². The van der Waals surface area contributed by atoms with Gasteiger partial charge < -0.3 is 19.8 Å². The zero-order valence-electron chi connectivity index (χ0n) is 25.9. The number of anilines is 2. The van der Waals surface area contributed by atoms with E-state index in [9.17, 15) is 14.7 Å². The largest absolute Gasteiger partial charge is 0.507 e. The molecule has 2 atom stereocenters. The smallest absolute Gasteiger partial charge is 0.355 e. The molecule has 1 saturated heterocycles. The molecule has 5 heterocycles. The van der Waals surface area contributed by atoms with Gasteiger partial charge in [-0.25, -0.2) is 23.1 Å². The van der Waals surface area contributed by atoms with Crippen molar-refractivity contribution in [3.63, 3.8) is 0 Å². The van der Waals surface area contributed by atoms with Crippen LogP contribution in [0, 0.1) is 18.6 Å². The lowest BCUT2D eigenvalue weighted by Crippen LogP contribution is -2.60. The fourth-order valence-electron chi connectivity index (χ4n) is 6.70. The molecule has 6 rings (SSSR count). The first kappa shape index (κ1) is 30.2. The topological polar surface area (TPSA) is 108 Å². The molecule has 2 aliphatic rings. The first-order chi connectivity index (χ1) is 21.4. The summed E-state index contributed by atoms with van der Waals surface area (Å²) < 4.78 is 33.5. The second-order valence-corrected chi connectivity index (χ2v) is 12.1. The summed E-state index contributed by atoms with van der Waals surface area (Å²) in [5, 5.41) is 11.0. The summed E-state index contributed by atoms with van der Waals surface area (Å²) in [7, 11) is 1.71. The predicted molar refractivity (Wildman–Crippen MR) is 169 cm³/mol. The van der Waals surface area contributed by atoms with Gasteiger partial charge in [0.1, 0.15) is 23.1 Å². The minimum atomic E-state index is -0.859. The second kappa shape index (κ2) is 11.2. The van der Waals surface area contributed by atoms with Gasteiger partial charge in [0.15, 0.2) is 11.5 Å². The Hall–Kier alpha value is -4.87. The van der Waals surface area contributed by atoms with E-state index < -0.39 is 34.3 Å². The Morgan fingerprint density at radius 1 is 1.16 bits per heavy atom. The molecule has 1 aromatic carbocycles. The van der Waals surface area contributed by atoms with E-state index in [1.165, 1.54) is 22.8 Å². The Kier molecular flexibility index (Phi) is 7.54. The van der Waals surface area contributed by atoms with Crippen molar-refractivity contribution in [2.45, 2.75) is 52.1 Å². The van der Waals surface area contributed by atoms with E-state index in [4.69, 9.17) is 0 Å². The lowest BCUT2D eigenvalue weighted by Gasteiger charge is -2.48. The van der Waals surface area contributed by atoms with E-state index in [0.29, 0.717) is 37.4 Å². The molecule has 2 aliphatic heterocycles. The maximum absolute atomic E-state index is 16.9. The van der Waals surface area contributed by atoms with E-state index in [0.717, 1.165) is 11.6 Å².